The maximum absolute atomic E-state index is 2.67. The predicted octanol–water partition coefficient (Wildman–Crippen LogP) is 13.6. The topological polar surface area (TPSA) is 6.48 Å². The van der Waals surface area contributed by atoms with E-state index in [1.807, 2.05) is 0 Å². The lowest BCUT2D eigenvalue weighted by Crippen LogP contribution is -2.38. The van der Waals surface area contributed by atoms with Crippen LogP contribution in [0.3, 0.4) is 0 Å². The Kier molecular flexibility index (Phi) is 24.6. The Morgan fingerprint density at radius 1 is 0.419 bits per heavy atom. The summed E-state index contributed by atoms with van der Waals surface area (Å²) in [6.07, 6.45) is 45.3. The Morgan fingerprint density at radius 2 is 0.791 bits per heavy atom. The highest BCUT2D eigenvalue weighted by atomic mass is 15.4. The van der Waals surface area contributed by atoms with E-state index in [2.05, 4.69) is 66.4 Å². The Labute approximate surface area is 270 Å². The smallest absolute Gasteiger partial charge is 0.101 e. The van der Waals surface area contributed by atoms with Gasteiger partial charge in [0.1, 0.15) is 6.17 Å². The third kappa shape index (κ3) is 20.3. The standard InChI is InChI=1S/C41H74N2/c1-3-5-7-9-11-13-15-17-18-19-20-22-24-26-31-35-41-42(37-38-43(41)39-40-33-29-28-30-34-40)36-32-27-25-23-21-16-14-12-10-8-6-4-2/h28-30,33-34,37-38,41H,3-27,31-32,35-36,39H2,1-2H3. The molecule has 248 valence electrons. The summed E-state index contributed by atoms with van der Waals surface area (Å²) in [5, 5.41) is 0. The van der Waals surface area contributed by atoms with Crippen molar-refractivity contribution in [3.8, 4) is 0 Å². The largest absolute Gasteiger partial charge is 0.356 e. The minimum atomic E-state index is 0.551. The Balaban J connectivity index is 1.54. The molecular formula is C41H74N2. The van der Waals surface area contributed by atoms with Crippen LogP contribution in [-0.4, -0.2) is 22.5 Å². The van der Waals surface area contributed by atoms with Crippen molar-refractivity contribution in [1.82, 2.24) is 9.80 Å². The molecule has 2 rings (SSSR count). The van der Waals surface area contributed by atoms with E-state index in [9.17, 15) is 0 Å². The summed E-state index contributed by atoms with van der Waals surface area (Å²) < 4.78 is 0. The summed E-state index contributed by atoms with van der Waals surface area (Å²) in [6.45, 7) is 6.88. The number of unbranched alkanes of at least 4 members (excludes halogenated alkanes) is 25. The quantitative estimate of drug-likeness (QED) is 0.0789. The molecule has 1 aromatic rings. The van der Waals surface area contributed by atoms with Crippen molar-refractivity contribution >= 4 is 0 Å². The highest BCUT2D eigenvalue weighted by Gasteiger charge is 2.25. The molecule has 1 aliphatic heterocycles. The van der Waals surface area contributed by atoms with E-state index in [4.69, 9.17) is 0 Å². The average molecular weight is 595 g/mol. The van der Waals surface area contributed by atoms with Gasteiger partial charge in [0, 0.05) is 25.5 Å². The molecule has 43 heavy (non-hydrogen) atoms. The molecule has 0 saturated heterocycles. The minimum Gasteiger partial charge on any atom is -0.356 e. The van der Waals surface area contributed by atoms with Crippen LogP contribution in [0, 0.1) is 0 Å². The van der Waals surface area contributed by atoms with Crippen LogP contribution >= 0.6 is 0 Å². The van der Waals surface area contributed by atoms with Crippen LogP contribution in [0.25, 0.3) is 0 Å². The van der Waals surface area contributed by atoms with Crippen LogP contribution in [0.2, 0.25) is 0 Å². The highest BCUT2D eigenvalue weighted by molar-refractivity contribution is 5.16. The number of benzene rings is 1. The van der Waals surface area contributed by atoms with Crippen molar-refractivity contribution in [2.45, 2.75) is 206 Å². The molecule has 0 aromatic heterocycles. The molecule has 0 fully saturated rings. The molecule has 0 amide bonds. The second kappa shape index (κ2) is 28.1. The summed E-state index contributed by atoms with van der Waals surface area (Å²) in [4.78, 5) is 5.28. The fourth-order valence-corrected chi connectivity index (χ4v) is 6.90. The van der Waals surface area contributed by atoms with Crippen molar-refractivity contribution in [3.05, 3.63) is 48.3 Å². The SMILES string of the molecule is CCCCCCCCCCCCCCCCCC1N(CCCCCCCCCCCCCC)C=CN1Cc1ccccc1. The number of hydrogen-bond acceptors (Lipinski definition) is 2. The molecule has 0 radical (unpaired) electrons. The van der Waals surface area contributed by atoms with Gasteiger partial charge in [0.15, 0.2) is 0 Å². The molecule has 0 saturated carbocycles. The first kappa shape index (κ1) is 37.7. The van der Waals surface area contributed by atoms with Crippen LogP contribution in [0.5, 0.6) is 0 Å². The minimum absolute atomic E-state index is 0.551. The summed E-state index contributed by atoms with van der Waals surface area (Å²) in [5.41, 5.74) is 1.43. The zero-order chi connectivity index (χ0) is 30.5. The first-order valence-corrected chi connectivity index (χ1v) is 19.6. The maximum atomic E-state index is 2.67. The molecule has 2 nitrogen and oxygen atoms in total. The Bertz CT molecular complexity index is 728. The molecule has 0 spiro atoms. The second-order valence-corrected chi connectivity index (χ2v) is 13.8. The van der Waals surface area contributed by atoms with Crippen LogP contribution in [0.4, 0.5) is 0 Å². The lowest BCUT2D eigenvalue weighted by molar-refractivity contribution is 0.132. The van der Waals surface area contributed by atoms with Crippen LogP contribution in [0.15, 0.2) is 42.7 Å². The van der Waals surface area contributed by atoms with Gasteiger partial charge in [0.2, 0.25) is 0 Å². The fraction of sp³-hybridized carbons (Fsp3) is 0.805. The van der Waals surface area contributed by atoms with Gasteiger partial charge in [-0.15, -0.1) is 0 Å². The fourth-order valence-electron chi connectivity index (χ4n) is 6.90. The first-order chi connectivity index (χ1) is 21.3. The normalized spacial score (nSPS) is 14.8. The molecule has 1 atom stereocenters. The number of nitrogens with zero attached hydrogens (tertiary/aromatic N) is 2. The lowest BCUT2D eigenvalue weighted by Gasteiger charge is -2.33. The van der Waals surface area contributed by atoms with E-state index in [0.717, 1.165) is 6.54 Å². The molecule has 2 heteroatoms. The van der Waals surface area contributed by atoms with E-state index in [1.165, 1.54) is 192 Å². The van der Waals surface area contributed by atoms with Crippen LogP contribution < -0.4 is 0 Å². The van der Waals surface area contributed by atoms with E-state index in [1.54, 1.807) is 0 Å². The average Bonchev–Trinajstić information content (AvgIpc) is 3.40. The number of rotatable bonds is 31. The van der Waals surface area contributed by atoms with E-state index in [-0.39, 0.29) is 0 Å². The maximum Gasteiger partial charge on any atom is 0.101 e. The van der Waals surface area contributed by atoms with E-state index >= 15 is 0 Å². The monoisotopic (exact) mass is 595 g/mol. The van der Waals surface area contributed by atoms with Gasteiger partial charge in [-0.1, -0.05) is 205 Å². The summed E-state index contributed by atoms with van der Waals surface area (Å²) in [7, 11) is 0. The molecule has 0 aliphatic carbocycles. The summed E-state index contributed by atoms with van der Waals surface area (Å²) in [5.74, 6) is 0. The molecule has 1 aliphatic rings. The van der Waals surface area contributed by atoms with Crippen molar-refractivity contribution in [2.24, 2.45) is 0 Å². The van der Waals surface area contributed by atoms with Gasteiger partial charge in [0.05, 0.1) is 0 Å². The Morgan fingerprint density at radius 3 is 1.23 bits per heavy atom. The zero-order valence-corrected chi connectivity index (χ0v) is 29.2. The van der Waals surface area contributed by atoms with E-state index in [0.29, 0.717) is 6.17 Å². The molecule has 1 unspecified atom stereocenters. The predicted molar refractivity (Wildman–Crippen MR) is 192 cm³/mol. The van der Waals surface area contributed by atoms with E-state index < -0.39 is 0 Å². The van der Waals surface area contributed by atoms with Crippen LogP contribution in [-0.2, 0) is 6.54 Å². The van der Waals surface area contributed by atoms with Crippen molar-refractivity contribution < 1.29 is 0 Å². The zero-order valence-electron chi connectivity index (χ0n) is 29.2. The second-order valence-electron chi connectivity index (χ2n) is 13.8. The summed E-state index contributed by atoms with van der Waals surface area (Å²) in [6, 6.07) is 11.1. The van der Waals surface area contributed by atoms with Gasteiger partial charge < -0.3 is 9.80 Å². The highest BCUT2D eigenvalue weighted by Crippen LogP contribution is 2.25. The van der Waals surface area contributed by atoms with Crippen LogP contribution in [0.1, 0.15) is 199 Å². The van der Waals surface area contributed by atoms with Gasteiger partial charge in [-0.3, -0.25) is 0 Å². The van der Waals surface area contributed by atoms with Gasteiger partial charge in [-0.05, 0) is 24.8 Å². The van der Waals surface area contributed by atoms with Gasteiger partial charge in [0.25, 0.3) is 0 Å². The first-order valence-electron chi connectivity index (χ1n) is 19.6. The van der Waals surface area contributed by atoms with Crippen molar-refractivity contribution in [3.63, 3.8) is 0 Å². The van der Waals surface area contributed by atoms with Gasteiger partial charge in [-0.2, -0.15) is 0 Å². The number of hydrogen-bond donors (Lipinski definition) is 0. The molecule has 0 bridgehead atoms. The molecule has 0 N–H and O–H groups in total. The molecule has 1 aromatic carbocycles. The third-order valence-electron chi connectivity index (χ3n) is 9.76. The van der Waals surface area contributed by atoms with Crippen molar-refractivity contribution in [2.75, 3.05) is 6.54 Å². The summed E-state index contributed by atoms with van der Waals surface area (Å²) >= 11 is 0. The van der Waals surface area contributed by atoms with Gasteiger partial charge >= 0.3 is 0 Å². The molecule has 1 heterocycles. The van der Waals surface area contributed by atoms with Crippen molar-refractivity contribution in [1.29, 1.82) is 0 Å². The lowest BCUT2D eigenvalue weighted by atomic mass is 10.0. The Hall–Kier alpha value is -1.44. The third-order valence-corrected chi connectivity index (χ3v) is 9.76. The van der Waals surface area contributed by atoms with Gasteiger partial charge in [-0.25, -0.2) is 0 Å². The molecular weight excluding hydrogens is 520 g/mol.